The van der Waals surface area contributed by atoms with Crippen LogP contribution in [0.5, 0.6) is 5.75 Å². The van der Waals surface area contributed by atoms with Gasteiger partial charge in [-0.3, -0.25) is 0 Å². The Balaban J connectivity index is 1.70. The number of nitrogens with one attached hydrogen (secondary N) is 3. The minimum atomic E-state index is -4.72. The van der Waals surface area contributed by atoms with E-state index in [0.717, 1.165) is 44.5 Å². The van der Waals surface area contributed by atoms with E-state index in [1.807, 2.05) is 0 Å². The molecule has 1 fully saturated rings. The number of rotatable bonds is 5. The second-order valence-electron chi connectivity index (χ2n) is 5.45. The topological polar surface area (TPSA) is 62.4 Å². The number of alkyl halides is 3. The minimum Gasteiger partial charge on any atom is -0.406 e. The smallest absolute Gasteiger partial charge is 0.406 e. The number of hydrogen-bond donors (Lipinski definition) is 3. The first-order valence-corrected chi connectivity index (χ1v) is 7.54. The normalized spacial score (nSPS) is 18.3. The van der Waals surface area contributed by atoms with Gasteiger partial charge in [0, 0.05) is 12.2 Å². The maximum absolute atomic E-state index is 12.0. The predicted molar refractivity (Wildman–Crippen MR) is 80.4 cm³/mol. The van der Waals surface area contributed by atoms with Gasteiger partial charge in [0.15, 0.2) is 0 Å². The number of urea groups is 1. The monoisotopic (exact) mass is 331 g/mol. The van der Waals surface area contributed by atoms with Gasteiger partial charge in [-0.2, -0.15) is 0 Å². The lowest BCUT2D eigenvalue weighted by Crippen LogP contribution is -2.34. The molecule has 2 amide bonds. The zero-order chi connectivity index (χ0) is 16.7. The lowest BCUT2D eigenvalue weighted by molar-refractivity contribution is -0.274. The molecule has 1 heterocycles. The molecule has 128 valence electrons. The van der Waals surface area contributed by atoms with Crippen LogP contribution in [0.25, 0.3) is 0 Å². The Bertz CT molecular complexity index is 500. The SMILES string of the molecule is O=C(NCCC1CCCNC1)Nc1ccc(OC(F)(F)F)cc1. The molecule has 0 radical (unpaired) electrons. The van der Waals surface area contributed by atoms with Crippen LogP contribution in [0.4, 0.5) is 23.7 Å². The van der Waals surface area contributed by atoms with E-state index in [1.54, 1.807) is 0 Å². The third kappa shape index (κ3) is 6.77. The Labute approximate surface area is 132 Å². The van der Waals surface area contributed by atoms with E-state index in [2.05, 4.69) is 20.7 Å². The third-order valence-corrected chi connectivity index (χ3v) is 3.58. The summed E-state index contributed by atoms with van der Waals surface area (Å²) in [6.45, 7) is 2.59. The van der Waals surface area contributed by atoms with E-state index in [-0.39, 0.29) is 11.8 Å². The average Bonchev–Trinajstić information content (AvgIpc) is 2.49. The Morgan fingerprint density at radius 1 is 1.30 bits per heavy atom. The number of carbonyl (C=O) groups excluding carboxylic acids is 1. The highest BCUT2D eigenvalue weighted by Gasteiger charge is 2.30. The molecule has 0 saturated carbocycles. The highest BCUT2D eigenvalue weighted by Crippen LogP contribution is 2.23. The molecule has 0 aromatic heterocycles. The molecular formula is C15H20F3N3O2. The molecule has 5 nitrogen and oxygen atoms in total. The summed E-state index contributed by atoms with van der Waals surface area (Å²) in [5.74, 6) is 0.246. The first-order valence-electron chi connectivity index (χ1n) is 7.54. The van der Waals surface area contributed by atoms with Crippen molar-refractivity contribution in [2.45, 2.75) is 25.6 Å². The Morgan fingerprint density at radius 3 is 2.65 bits per heavy atom. The number of benzene rings is 1. The summed E-state index contributed by atoms with van der Waals surface area (Å²) in [4.78, 5) is 11.7. The van der Waals surface area contributed by atoms with Gasteiger partial charge in [0.05, 0.1) is 0 Å². The highest BCUT2D eigenvalue weighted by molar-refractivity contribution is 5.89. The maximum Gasteiger partial charge on any atom is 0.573 e. The van der Waals surface area contributed by atoms with E-state index in [9.17, 15) is 18.0 Å². The van der Waals surface area contributed by atoms with Crippen molar-refractivity contribution in [2.24, 2.45) is 5.92 Å². The zero-order valence-corrected chi connectivity index (χ0v) is 12.6. The highest BCUT2D eigenvalue weighted by atomic mass is 19.4. The molecule has 3 N–H and O–H groups in total. The Hall–Kier alpha value is -1.96. The molecule has 1 aromatic rings. The van der Waals surface area contributed by atoms with Crippen LogP contribution in [0.3, 0.4) is 0 Å². The molecule has 0 bridgehead atoms. The average molecular weight is 331 g/mol. The molecule has 1 unspecified atom stereocenters. The summed E-state index contributed by atoms with van der Waals surface area (Å²) >= 11 is 0. The predicted octanol–water partition coefficient (Wildman–Crippen LogP) is 3.10. The quantitative estimate of drug-likeness (QED) is 0.777. The largest absolute Gasteiger partial charge is 0.573 e. The van der Waals surface area contributed by atoms with Crippen LogP contribution in [0, 0.1) is 5.92 Å². The van der Waals surface area contributed by atoms with Crippen LogP contribution in [0.15, 0.2) is 24.3 Å². The van der Waals surface area contributed by atoms with Gasteiger partial charge in [-0.15, -0.1) is 13.2 Å². The maximum atomic E-state index is 12.0. The van der Waals surface area contributed by atoms with Crippen LogP contribution in [0.2, 0.25) is 0 Å². The van der Waals surface area contributed by atoms with E-state index in [1.165, 1.54) is 12.1 Å². The standard InChI is InChI=1S/C15H20F3N3O2/c16-15(17,18)23-13-5-3-12(4-6-13)21-14(22)20-9-7-11-2-1-8-19-10-11/h3-6,11,19H,1-2,7-10H2,(H2,20,21,22). The van der Waals surface area contributed by atoms with Gasteiger partial charge in [0.2, 0.25) is 0 Å². The Morgan fingerprint density at radius 2 is 2.04 bits per heavy atom. The molecular weight excluding hydrogens is 311 g/mol. The van der Waals surface area contributed by atoms with Crippen LogP contribution in [-0.4, -0.2) is 32.0 Å². The summed E-state index contributed by atoms with van der Waals surface area (Å²) in [5, 5.41) is 8.62. The number of ether oxygens (including phenoxy) is 1. The number of amides is 2. The molecule has 0 aliphatic carbocycles. The Kier molecular flexibility index (Phi) is 6.09. The molecule has 23 heavy (non-hydrogen) atoms. The molecule has 1 aliphatic rings. The zero-order valence-electron chi connectivity index (χ0n) is 12.6. The summed E-state index contributed by atoms with van der Waals surface area (Å²) < 4.78 is 39.9. The van der Waals surface area contributed by atoms with Gasteiger partial charge in [0.25, 0.3) is 0 Å². The first kappa shape index (κ1) is 17.4. The fourth-order valence-corrected chi connectivity index (χ4v) is 2.48. The summed E-state index contributed by atoms with van der Waals surface area (Å²) in [5.41, 5.74) is 0.399. The van der Waals surface area contributed by atoms with E-state index < -0.39 is 6.36 Å². The first-order chi connectivity index (χ1) is 10.9. The molecule has 1 atom stereocenters. The fourth-order valence-electron chi connectivity index (χ4n) is 2.48. The van der Waals surface area contributed by atoms with E-state index >= 15 is 0 Å². The molecule has 2 rings (SSSR count). The molecule has 0 spiro atoms. The van der Waals surface area contributed by atoms with Crippen molar-refractivity contribution in [1.82, 2.24) is 10.6 Å². The molecule has 8 heteroatoms. The van der Waals surface area contributed by atoms with E-state index in [4.69, 9.17) is 0 Å². The third-order valence-electron chi connectivity index (χ3n) is 3.58. The number of piperidine rings is 1. The lowest BCUT2D eigenvalue weighted by Gasteiger charge is -2.22. The number of carbonyl (C=O) groups is 1. The second kappa shape index (κ2) is 8.05. The minimum absolute atomic E-state index is 0.326. The molecule has 1 aliphatic heterocycles. The summed E-state index contributed by atoms with van der Waals surface area (Å²) in [6.07, 6.45) is -1.50. The van der Waals surface area contributed by atoms with E-state index in [0.29, 0.717) is 18.2 Å². The number of hydrogen-bond acceptors (Lipinski definition) is 3. The van der Waals surface area contributed by atoms with Crippen molar-refractivity contribution < 1.29 is 22.7 Å². The lowest BCUT2D eigenvalue weighted by atomic mass is 9.96. The van der Waals surface area contributed by atoms with Crippen LogP contribution < -0.4 is 20.7 Å². The number of anilines is 1. The molecule has 1 saturated heterocycles. The summed E-state index contributed by atoms with van der Waals surface area (Å²) in [7, 11) is 0. The van der Waals surface area contributed by atoms with Crippen molar-refractivity contribution in [3.05, 3.63) is 24.3 Å². The second-order valence-corrected chi connectivity index (χ2v) is 5.45. The number of halogens is 3. The van der Waals surface area contributed by atoms with Crippen molar-refractivity contribution in [2.75, 3.05) is 25.0 Å². The van der Waals surface area contributed by atoms with Crippen molar-refractivity contribution in [3.8, 4) is 5.75 Å². The van der Waals surface area contributed by atoms with Gasteiger partial charge < -0.3 is 20.7 Å². The van der Waals surface area contributed by atoms with Crippen LogP contribution >= 0.6 is 0 Å². The van der Waals surface area contributed by atoms with Gasteiger partial charge in [-0.05, 0) is 62.5 Å². The van der Waals surface area contributed by atoms with Gasteiger partial charge >= 0.3 is 12.4 Å². The van der Waals surface area contributed by atoms with Crippen molar-refractivity contribution >= 4 is 11.7 Å². The van der Waals surface area contributed by atoms with Gasteiger partial charge in [-0.1, -0.05) is 0 Å². The fraction of sp³-hybridized carbons (Fsp3) is 0.533. The van der Waals surface area contributed by atoms with Gasteiger partial charge in [-0.25, -0.2) is 4.79 Å². The molecule has 1 aromatic carbocycles. The summed E-state index contributed by atoms with van der Waals surface area (Å²) in [6, 6.07) is 4.63. The van der Waals surface area contributed by atoms with Crippen molar-refractivity contribution in [1.29, 1.82) is 0 Å². The van der Waals surface area contributed by atoms with Crippen LogP contribution in [0.1, 0.15) is 19.3 Å². The van der Waals surface area contributed by atoms with Crippen molar-refractivity contribution in [3.63, 3.8) is 0 Å². The van der Waals surface area contributed by atoms with Crippen LogP contribution in [-0.2, 0) is 0 Å². The van der Waals surface area contributed by atoms with Gasteiger partial charge in [0.1, 0.15) is 5.75 Å².